The van der Waals surface area contributed by atoms with E-state index in [0.717, 1.165) is 26.2 Å². The Kier molecular flexibility index (Phi) is 6.56. The second-order valence-electron chi connectivity index (χ2n) is 7.41. The highest BCUT2D eigenvalue weighted by atomic mass is 32.2. The summed E-state index contributed by atoms with van der Waals surface area (Å²) in [7, 11) is -0.569. The summed E-state index contributed by atoms with van der Waals surface area (Å²) in [4.78, 5) is 17.1. The Balaban J connectivity index is 1.58. The lowest BCUT2D eigenvalue weighted by Crippen LogP contribution is -2.48. The third-order valence-corrected chi connectivity index (χ3v) is 7.05. The van der Waals surface area contributed by atoms with Gasteiger partial charge in [-0.3, -0.25) is 9.69 Å². The SMILES string of the molecule is Cc1ccc(NC(=O)CN2CCN(c3ccccc3)CC2)cc1S(=O)(=O)N(C)C. The smallest absolute Gasteiger partial charge is 0.242 e. The van der Waals surface area contributed by atoms with Crippen LogP contribution < -0.4 is 10.2 Å². The van der Waals surface area contributed by atoms with E-state index in [1.807, 2.05) is 18.2 Å². The van der Waals surface area contributed by atoms with Crippen molar-refractivity contribution in [3.63, 3.8) is 0 Å². The number of carbonyl (C=O) groups is 1. The van der Waals surface area contributed by atoms with Gasteiger partial charge in [0.25, 0.3) is 0 Å². The maximum Gasteiger partial charge on any atom is 0.242 e. The number of aryl methyl sites for hydroxylation is 1. The number of hydrogen-bond acceptors (Lipinski definition) is 5. The highest BCUT2D eigenvalue weighted by molar-refractivity contribution is 7.89. The van der Waals surface area contributed by atoms with E-state index in [9.17, 15) is 13.2 Å². The van der Waals surface area contributed by atoms with Crippen LogP contribution in [0.1, 0.15) is 5.56 Å². The summed E-state index contributed by atoms with van der Waals surface area (Å²) in [6.45, 7) is 5.37. The highest BCUT2D eigenvalue weighted by Crippen LogP contribution is 2.22. The summed E-state index contributed by atoms with van der Waals surface area (Å²) in [5.74, 6) is -0.143. The van der Waals surface area contributed by atoms with E-state index >= 15 is 0 Å². The Morgan fingerprint density at radius 3 is 2.31 bits per heavy atom. The monoisotopic (exact) mass is 416 g/mol. The number of nitrogens with zero attached hydrogens (tertiary/aromatic N) is 3. The number of benzene rings is 2. The number of piperazine rings is 1. The van der Waals surface area contributed by atoms with Crippen LogP contribution in [0.5, 0.6) is 0 Å². The van der Waals surface area contributed by atoms with Crippen molar-refractivity contribution in [3.8, 4) is 0 Å². The molecule has 1 saturated heterocycles. The fourth-order valence-electron chi connectivity index (χ4n) is 3.36. The molecule has 7 nitrogen and oxygen atoms in total. The van der Waals surface area contributed by atoms with Crippen molar-refractivity contribution in [3.05, 3.63) is 54.1 Å². The fourth-order valence-corrected chi connectivity index (χ4v) is 4.50. The van der Waals surface area contributed by atoms with Gasteiger partial charge in [0.2, 0.25) is 15.9 Å². The van der Waals surface area contributed by atoms with Gasteiger partial charge in [0.1, 0.15) is 0 Å². The Hall–Kier alpha value is -2.42. The van der Waals surface area contributed by atoms with Gasteiger partial charge in [-0.2, -0.15) is 0 Å². The first-order valence-corrected chi connectivity index (χ1v) is 11.1. The molecule has 0 bridgehead atoms. The lowest BCUT2D eigenvalue weighted by molar-refractivity contribution is -0.117. The fraction of sp³-hybridized carbons (Fsp3) is 0.381. The van der Waals surface area contributed by atoms with Crippen molar-refractivity contribution in [2.24, 2.45) is 0 Å². The highest BCUT2D eigenvalue weighted by Gasteiger charge is 2.22. The molecule has 1 N–H and O–H groups in total. The quantitative estimate of drug-likeness (QED) is 0.780. The average Bonchev–Trinajstić information content (AvgIpc) is 2.70. The van der Waals surface area contributed by atoms with Crippen LogP contribution in [-0.4, -0.2) is 70.3 Å². The van der Waals surface area contributed by atoms with E-state index in [1.54, 1.807) is 19.1 Å². The molecule has 156 valence electrons. The Morgan fingerprint density at radius 2 is 1.69 bits per heavy atom. The Bertz CT molecular complexity index is 953. The molecule has 1 aliphatic rings. The van der Waals surface area contributed by atoms with Gasteiger partial charge in [-0.15, -0.1) is 0 Å². The molecule has 0 aromatic heterocycles. The van der Waals surface area contributed by atoms with Gasteiger partial charge in [-0.1, -0.05) is 24.3 Å². The second kappa shape index (κ2) is 8.94. The van der Waals surface area contributed by atoms with E-state index in [0.29, 0.717) is 11.3 Å². The molecular formula is C21H28N4O3S. The first-order chi connectivity index (χ1) is 13.8. The minimum Gasteiger partial charge on any atom is -0.369 e. The van der Waals surface area contributed by atoms with Gasteiger partial charge in [-0.05, 0) is 36.8 Å². The van der Waals surface area contributed by atoms with Crippen molar-refractivity contribution in [2.45, 2.75) is 11.8 Å². The van der Waals surface area contributed by atoms with Gasteiger partial charge >= 0.3 is 0 Å². The molecule has 1 fully saturated rings. The number of sulfonamides is 1. The standard InChI is InChI=1S/C21H28N4O3S/c1-17-9-10-18(15-20(17)29(27,28)23(2)3)22-21(26)16-24-11-13-25(14-12-24)19-7-5-4-6-8-19/h4-10,15H,11-14,16H2,1-3H3,(H,22,26). The predicted octanol–water partition coefficient (Wildman–Crippen LogP) is 2.01. The Labute approximate surface area is 173 Å². The molecule has 0 unspecified atom stereocenters. The number of amides is 1. The van der Waals surface area contributed by atoms with E-state index < -0.39 is 10.0 Å². The van der Waals surface area contributed by atoms with Crippen molar-refractivity contribution in [2.75, 3.05) is 57.0 Å². The number of nitrogens with one attached hydrogen (secondary N) is 1. The first kappa shape index (κ1) is 21.3. The van der Waals surface area contributed by atoms with E-state index in [2.05, 4.69) is 27.2 Å². The molecule has 0 spiro atoms. The molecule has 3 rings (SSSR count). The van der Waals surface area contributed by atoms with Crippen LogP contribution in [0.4, 0.5) is 11.4 Å². The lowest BCUT2D eigenvalue weighted by Gasteiger charge is -2.35. The van der Waals surface area contributed by atoms with Gasteiger partial charge in [0.15, 0.2) is 0 Å². The van der Waals surface area contributed by atoms with Gasteiger partial charge in [0, 0.05) is 51.6 Å². The summed E-state index contributed by atoms with van der Waals surface area (Å²) in [5.41, 5.74) is 2.34. The second-order valence-corrected chi connectivity index (χ2v) is 9.53. The molecule has 1 heterocycles. The summed E-state index contributed by atoms with van der Waals surface area (Å²) in [5, 5.41) is 2.83. The predicted molar refractivity (Wildman–Crippen MR) is 116 cm³/mol. The number of rotatable bonds is 6. The van der Waals surface area contributed by atoms with Crippen molar-refractivity contribution in [1.82, 2.24) is 9.21 Å². The number of para-hydroxylation sites is 1. The topological polar surface area (TPSA) is 73.0 Å². The van der Waals surface area contributed by atoms with Crippen LogP contribution in [0.3, 0.4) is 0 Å². The normalized spacial score (nSPS) is 15.5. The van der Waals surface area contributed by atoms with Gasteiger partial charge in [-0.25, -0.2) is 12.7 Å². The first-order valence-electron chi connectivity index (χ1n) is 9.63. The molecule has 0 saturated carbocycles. The van der Waals surface area contributed by atoms with Crippen LogP contribution in [-0.2, 0) is 14.8 Å². The minimum absolute atomic E-state index is 0.143. The zero-order valence-corrected chi connectivity index (χ0v) is 17.9. The summed E-state index contributed by atoms with van der Waals surface area (Å²) in [6.07, 6.45) is 0. The molecule has 0 radical (unpaired) electrons. The van der Waals surface area contributed by atoms with E-state index in [-0.39, 0.29) is 17.3 Å². The lowest BCUT2D eigenvalue weighted by atomic mass is 10.2. The molecule has 1 amide bonds. The van der Waals surface area contributed by atoms with Crippen molar-refractivity contribution in [1.29, 1.82) is 0 Å². The summed E-state index contributed by atoms with van der Waals surface area (Å²) < 4.78 is 26.1. The molecule has 0 aliphatic carbocycles. The molecule has 0 atom stereocenters. The molecular weight excluding hydrogens is 388 g/mol. The van der Waals surface area contributed by atoms with E-state index in [4.69, 9.17) is 0 Å². The number of hydrogen-bond donors (Lipinski definition) is 1. The van der Waals surface area contributed by atoms with Crippen LogP contribution in [0.2, 0.25) is 0 Å². The van der Waals surface area contributed by atoms with Crippen molar-refractivity contribution < 1.29 is 13.2 Å². The molecule has 29 heavy (non-hydrogen) atoms. The number of anilines is 2. The molecule has 2 aromatic rings. The van der Waals surface area contributed by atoms with Crippen LogP contribution >= 0.6 is 0 Å². The largest absolute Gasteiger partial charge is 0.369 e. The van der Waals surface area contributed by atoms with Crippen LogP contribution in [0, 0.1) is 6.92 Å². The average molecular weight is 417 g/mol. The summed E-state index contributed by atoms with van der Waals surface area (Å²) in [6, 6.07) is 15.2. The molecule has 8 heteroatoms. The van der Waals surface area contributed by atoms with Gasteiger partial charge < -0.3 is 10.2 Å². The number of carbonyl (C=O) groups excluding carboxylic acids is 1. The minimum atomic E-state index is -3.56. The molecule has 2 aromatic carbocycles. The maximum absolute atomic E-state index is 12.5. The van der Waals surface area contributed by atoms with Crippen LogP contribution in [0.15, 0.2) is 53.4 Å². The zero-order valence-electron chi connectivity index (χ0n) is 17.1. The van der Waals surface area contributed by atoms with E-state index in [1.165, 1.54) is 30.2 Å². The van der Waals surface area contributed by atoms with Crippen molar-refractivity contribution >= 4 is 27.3 Å². The maximum atomic E-state index is 12.5. The third-order valence-electron chi connectivity index (χ3n) is 5.09. The molecule has 1 aliphatic heterocycles. The Morgan fingerprint density at radius 1 is 1.03 bits per heavy atom. The van der Waals surface area contributed by atoms with Crippen LogP contribution in [0.25, 0.3) is 0 Å². The third kappa shape index (κ3) is 5.14. The van der Waals surface area contributed by atoms with Gasteiger partial charge in [0.05, 0.1) is 11.4 Å². The zero-order chi connectivity index (χ0) is 21.0. The summed E-state index contributed by atoms with van der Waals surface area (Å²) >= 11 is 0.